The molecule has 0 aromatic heterocycles. The fourth-order valence-electron chi connectivity index (χ4n) is 3.40. The number of rotatable bonds is 9. The number of carbonyl (C=O) groups excluding carboxylic acids is 1. The molecule has 1 atom stereocenters. The second-order valence-electron chi connectivity index (χ2n) is 7.69. The first-order chi connectivity index (χ1) is 17.2. The van der Waals surface area contributed by atoms with Gasteiger partial charge in [0.15, 0.2) is 6.61 Å². The summed E-state index contributed by atoms with van der Waals surface area (Å²) in [5, 5.41) is 5.07. The Morgan fingerprint density at radius 3 is 2.49 bits per heavy atom. The summed E-state index contributed by atoms with van der Waals surface area (Å²) in [6.45, 7) is -2.23. The van der Waals surface area contributed by atoms with E-state index in [1.165, 1.54) is 0 Å². The van der Waals surface area contributed by atoms with Gasteiger partial charge in [0.05, 0.1) is 6.61 Å². The third-order valence-electron chi connectivity index (χ3n) is 4.97. The van der Waals surface area contributed by atoms with E-state index in [1.807, 2.05) is 0 Å². The highest BCUT2D eigenvalue weighted by atomic mass is 32.2. The van der Waals surface area contributed by atoms with Gasteiger partial charge in [0.2, 0.25) is 0 Å². The number of nitrogens with zero attached hydrogens (tertiary/aromatic N) is 3. The maximum absolute atomic E-state index is 14.6. The molecule has 0 fully saturated rings. The molecule has 0 saturated carbocycles. The molecule has 0 spiro atoms. The first-order valence-electron chi connectivity index (χ1n) is 10.5. The van der Waals surface area contributed by atoms with Crippen molar-refractivity contribution in [2.24, 2.45) is 5.10 Å². The number of hydrogen-bond acceptors (Lipinski definition) is 6. The van der Waals surface area contributed by atoms with E-state index in [9.17, 15) is 31.3 Å². The van der Waals surface area contributed by atoms with Crippen molar-refractivity contribution in [3.05, 3.63) is 71.3 Å². The number of hydrogen-bond donors (Lipinski definition) is 2. The van der Waals surface area contributed by atoms with Crippen LogP contribution >= 0.6 is 19.6 Å². The van der Waals surface area contributed by atoms with Crippen LogP contribution in [-0.2, 0) is 18.8 Å². The summed E-state index contributed by atoms with van der Waals surface area (Å²) in [5.41, 5.74) is 0.0928. The van der Waals surface area contributed by atoms with Crippen molar-refractivity contribution in [2.75, 3.05) is 20.3 Å². The molecule has 3 rings (SSSR count). The number of benzene rings is 2. The standard InChI is InChI=1S/C21H21F5N3O6PS/c1-28(34-13-21(24,25)26)19(30)29-20(14-6-3-2-4-7-14,10-5-11-35-36(31,32)33)37-18(27-29)16-12-15(22)8-9-17(16)23/h2-4,6-9,12H,5,10-11,13H2,1H3,(H2,31,32,33). The van der Waals surface area contributed by atoms with E-state index in [1.54, 1.807) is 30.3 Å². The number of urea groups is 1. The third-order valence-corrected chi connectivity index (χ3v) is 6.94. The average Bonchev–Trinajstić information content (AvgIpc) is 3.21. The second-order valence-corrected chi connectivity index (χ2v) is 10.2. The van der Waals surface area contributed by atoms with Crippen LogP contribution in [0.4, 0.5) is 26.7 Å². The molecule has 9 nitrogen and oxygen atoms in total. The molecule has 2 aromatic carbocycles. The Morgan fingerprint density at radius 1 is 1.19 bits per heavy atom. The predicted octanol–water partition coefficient (Wildman–Crippen LogP) is 4.96. The minimum absolute atomic E-state index is 0.0711. The van der Waals surface area contributed by atoms with E-state index in [0.29, 0.717) is 10.6 Å². The molecule has 1 aliphatic rings. The fraction of sp³-hybridized carbons (Fsp3) is 0.333. The Morgan fingerprint density at radius 2 is 1.86 bits per heavy atom. The molecule has 0 bridgehead atoms. The third kappa shape index (κ3) is 7.49. The lowest BCUT2D eigenvalue weighted by atomic mass is 10.0. The largest absolute Gasteiger partial charge is 0.469 e. The predicted molar refractivity (Wildman–Crippen MR) is 123 cm³/mol. The summed E-state index contributed by atoms with van der Waals surface area (Å²) in [5.74, 6) is -1.66. The molecular formula is C21H21F5N3O6PS. The lowest BCUT2D eigenvalue weighted by molar-refractivity contribution is -0.229. The zero-order valence-electron chi connectivity index (χ0n) is 19.1. The van der Waals surface area contributed by atoms with Crippen molar-refractivity contribution in [3.8, 4) is 0 Å². The van der Waals surface area contributed by atoms with E-state index in [-0.39, 0.29) is 23.4 Å². The van der Waals surface area contributed by atoms with Crippen LogP contribution in [0.5, 0.6) is 0 Å². The van der Waals surface area contributed by atoms with Crippen molar-refractivity contribution >= 4 is 30.7 Å². The molecule has 0 saturated heterocycles. The first-order valence-corrected chi connectivity index (χ1v) is 12.8. The zero-order valence-corrected chi connectivity index (χ0v) is 20.8. The van der Waals surface area contributed by atoms with Crippen molar-refractivity contribution < 1.29 is 50.5 Å². The van der Waals surface area contributed by atoms with Gasteiger partial charge in [-0.3, -0.25) is 9.36 Å². The van der Waals surface area contributed by atoms with Gasteiger partial charge >= 0.3 is 20.0 Å². The summed E-state index contributed by atoms with van der Waals surface area (Å²) < 4.78 is 82.2. The second kappa shape index (κ2) is 11.5. The number of amides is 2. The highest BCUT2D eigenvalue weighted by Crippen LogP contribution is 2.51. The molecule has 0 aliphatic carbocycles. The molecule has 16 heteroatoms. The van der Waals surface area contributed by atoms with Crippen LogP contribution in [0.25, 0.3) is 0 Å². The molecule has 1 heterocycles. The minimum atomic E-state index is -4.81. The summed E-state index contributed by atoms with van der Waals surface area (Å²) >= 11 is 0.817. The average molecular weight is 569 g/mol. The van der Waals surface area contributed by atoms with Crippen molar-refractivity contribution in [3.63, 3.8) is 0 Å². The van der Waals surface area contributed by atoms with E-state index in [4.69, 9.17) is 9.79 Å². The molecule has 2 N–H and O–H groups in total. The Kier molecular flexibility index (Phi) is 8.98. The van der Waals surface area contributed by atoms with Crippen molar-refractivity contribution in [2.45, 2.75) is 23.9 Å². The van der Waals surface area contributed by atoms with E-state index in [2.05, 4.69) is 14.5 Å². The summed E-state index contributed by atoms with van der Waals surface area (Å²) in [4.78, 5) is 34.2. The van der Waals surface area contributed by atoms with Crippen LogP contribution in [0.3, 0.4) is 0 Å². The molecule has 2 amide bonds. The number of hydroxylamine groups is 2. The number of phosphoric ester groups is 1. The van der Waals surface area contributed by atoms with Crippen LogP contribution < -0.4 is 0 Å². The van der Waals surface area contributed by atoms with Gasteiger partial charge in [-0.2, -0.15) is 23.3 Å². The monoisotopic (exact) mass is 569 g/mol. The van der Waals surface area contributed by atoms with Crippen LogP contribution in [0.15, 0.2) is 53.6 Å². The van der Waals surface area contributed by atoms with Gasteiger partial charge in [-0.1, -0.05) is 42.1 Å². The van der Waals surface area contributed by atoms with Gasteiger partial charge in [0.25, 0.3) is 0 Å². The van der Waals surface area contributed by atoms with Crippen molar-refractivity contribution in [1.29, 1.82) is 0 Å². The SMILES string of the molecule is CN(OCC(F)(F)F)C(=O)N1N=C(c2cc(F)ccc2F)SC1(CCCOP(=O)(O)O)c1ccccc1. The van der Waals surface area contributed by atoms with Crippen LogP contribution in [0.2, 0.25) is 0 Å². The van der Waals surface area contributed by atoms with Gasteiger partial charge in [-0.15, -0.1) is 0 Å². The highest BCUT2D eigenvalue weighted by molar-refractivity contribution is 8.15. The molecule has 0 radical (unpaired) electrons. The summed E-state index contributed by atoms with van der Waals surface area (Å²) in [6, 6.07) is 9.46. The number of hydrazone groups is 1. The number of alkyl halides is 3. The van der Waals surface area contributed by atoms with Crippen LogP contribution in [0, 0.1) is 11.6 Å². The van der Waals surface area contributed by atoms with Crippen LogP contribution in [-0.4, -0.2) is 57.4 Å². The van der Waals surface area contributed by atoms with E-state index in [0.717, 1.165) is 42.0 Å². The number of thioether (sulfide) groups is 1. The Hall–Kier alpha value is -2.55. The fourth-order valence-corrected chi connectivity index (χ4v) is 5.18. The summed E-state index contributed by atoms with van der Waals surface area (Å²) in [7, 11) is -3.88. The first kappa shape index (κ1) is 29.0. The lowest BCUT2D eigenvalue weighted by Crippen LogP contribution is -2.47. The molecule has 37 heavy (non-hydrogen) atoms. The molecule has 1 aliphatic heterocycles. The van der Waals surface area contributed by atoms with E-state index >= 15 is 0 Å². The summed E-state index contributed by atoms with van der Waals surface area (Å²) in [6.07, 6.45) is -4.92. The smallest absolute Gasteiger partial charge is 0.303 e. The molecular weight excluding hydrogens is 548 g/mol. The Balaban J connectivity index is 2.05. The Bertz CT molecular complexity index is 1200. The topological polar surface area (TPSA) is 112 Å². The number of halogens is 5. The highest BCUT2D eigenvalue weighted by Gasteiger charge is 2.50. The minimum Gasteiger partial charge on any atom is -0.303 e. The van der Waals surface area contributed by atoms with Crippen molar-refractivity contribution in [1.82, 2.24) is 10.1 Å². The van der Waals surface area contributed by atoms with E-state index < -0.39 is 49.7 Å². The number of phosphoric acid groups is 1. The van der Waals surface area contributed by atoms with Gasteiger partial charge in [0, 0.05) is 12.6 Å². The van der Waals surface area contributed by atoms with Gasteiger partial charge in [-0.05, 0) is 36.6 Å². The maximum Gasteiger partial charge on any atom is 0.469 e. The van der Waals surface area contributed by atoms with Crippen LogP contribution in [0.1, 0.15) is 24.0 Å². The molecule has 2 aromatic rings. The normalized spacial score (nSPS) is 18.2. The number of carbonyl (C=O) groups is 1. The lowest BCUT2D eigenvalue weighted by Gasteiger charge is -2.37. The van der Waals surface area contributed by atoms with Gasteiger partial charge < -0.3 is 9.79 Å². The quantitative estimate of drug-likeness (QED) is 0.190. The Labute approximate surface area is 212 Å². The van der Waals surface area contributed by atoms with Gasteiger partial charge in [-0.25, -0.2) is 23.2 Å². The maximum atomic E-state index is 14.6. The molecule has 202 valence electrons. The van der Waals surface area contributed by atoms with Gasteiger partial charge in [0.1, 0.15) is 21.5 Å². The zero-order chi connectivity index (χ0) is 27.4. The molecule has 1 unspecified atom stereocenters.